The Bertz CT molecular complexity index is 1840. The first-order valence-corrected chi connectivity index (χ1v) is 16.1. The van der Waals surface area contributed by atoms with Gasteiger partial charge in [-0.3, -0.25) is 0 Å². The second-order valence-corrected chi connectivity index (χ2v) is 15.1. The number of rotatable bonds is 8. The zero-order valence-corrected chi connectivity index (χ0v) is 26.1. The summed E-state index contributed by atoms with van der Waals surface area (Å²) in [5, 5.41) is -1.74. The molecule has 51 heavy (non-hydrogen) atoms. The lowest BCUT2D eigenvalue weighted by molar-refractivity contribution is 0.379. The fourth-order valence-corrected chi connectivity index (χ4v) is 9.30. The SMILES string of the molecule is CC[Si](CC)(OC)c1c(F)c(F)c([B-](c2c(F)c(F)c(F)c(F)c2F)(c2c(F)c(F)c(F)c(F)c2F)c2c(F)c(F)c(F)c(F)c2F)c(F)c1F. The van der Waals surface area contributed by atoms with Crippen molar-refractivity contribution in [2.75, 3.05) is 7.11 Å². The van der Waals surface area contributed by atoms with Crippen LogP contribution in [-0.4, -0.2) is 21.6 Å². The van der Waals surface area contributed by atoms with Crippen molar-refractivity contribution in [3.05, 3.63) is 111 Å². The first kappa shape index (κ1) is 39.6. The number of hydrogen-bond acceptors (Lipinski definition) is 1. The van der Waals surface area contributed by atoms with Gasteiger partial charge in [-0.05, 0) is 12.1 Å². The lowest BCUT2D eigenvalue weighted by Gasteiger charge is -2.45. The molecule has 22 heteroatoms. The van der Waals surface area contributed by atoms with E-state index in [0.717, 1.165) is 21.0 Å². The van der Waals surface area contributed by atoms with Gasteiger partial charge in [0.15, 0.2) is 64.0 Å². The quantitative estimate of drug-likeness (QED) is 0.0856. The standard InChI is InChI=1S/C29H13BF19OSi/c1-4-51(5-2,50-3)29-27(48)16(37)9(17(38)28(29)49)30(6-10(31)18(39)24(45)19(40)11(6)32,7-12(33)20(41)25(46)21(42)13(7)34)8-14(35)22(43)26(47)23(44)15(8)36/h4-5H2,1-3H3/q-1. The van der Waals surface area contributed by atoms with Gasteiger partial charge >= 0.3 is 0 Å². The van der Waals surface area contributed by atoms with Gasteiger partial charge in [0.25, 0.3) is 0 Å². The summed E-state index contributed by atoms with van der Waals surface area (Å²) in [7, 11) is -3.64. The first-order valence-electron chi connectivity index (χ1n) is 13.7. The molecule has 0 aliphatic rings. The zero-order valence-electron chi connectivity index (χ0n) is 25.1. The van der Waals surface area contributed by atoms with Crippen molar-refractivity contribution < 1.29 is 87.8 Å². The average Bonchev–Trinajstić information content (AvgIpc) is 3.11. The normalized spacial score (nSPS) is 12.4. The van der Waals surface area contributed by atoms with Crippen LogP contribution in [0.3, 0.4) is 0 Å². The molecular weight excluding hydrogens is 764 g/mol. The molecule has 0 aliphatic carbocycles. The highest BCUT2D eigenvalue weighted by Crippen LogP contribution is 2.31. The van der Waals surface area contributed by atoms with Gasteiger partial charge in [-0.15, -0.1) is 21.9 Å². The minimum Gasteiger partial charge on any atom is -0.415 e. The number of hydrogen-bond donors (Lipinski definition) is 0. The summed E-state index contributed by atoms with van der Waals surface area (Å²) in [6.45, 7) is 2.24. The predicted molar refractivity (Wildman–Crippen MR) is 143 cm³/mol. The maximum absolute atomic E-state index is 16.5. The van der Waals surface area contributed by atoms with Crippen LogP contribution in [0.25, 0.3) is 0 Å². The second kappa shape index (κ2) is 13.4. The van der Waals surface area contributed by atoms with Gasteiger partial charge in [-0.25, -0.2) is 83.4 Å². The molecule has 0 bridgehead atoms. The molecule has 1 nitrogen and oxygen atoms in total. The van der Waals surface area contributed by atoms with Crippen LogP contribution in [-0.2, 0) is 4.43 Å². The Hall–Kier alpha value is -4.21. The smallest absolute Gasteiger partial charge is 0.229 e. The van der Waals surface area contributed by atoms with Gasteiger partial charge in [0.05, 0.1) is 0 Å². The Morgan fingerprint density at radius 1 is 0.333 bits per heavy atom. The molecule has 0 amide bonds. The average molecular weight is 777 g/mol. The van der Waals surface area contributed by atoms with E-state index in [4.69, 9.17) is 4.43 Å². The summed E-state index contributed by atoms with van der Waals surface area (Å²) in [5.41, 5.74) is -13.8. The van der Waals surface area contributed by atoms with E-state index in [-0.39, 0.29) is 0 Å². The van der Waals surface area contributed by atoms with Crippen LogP contribution < -0.4 is 27.0 Å². The van der Waals surface area contributed by atoms with Crippen LogP contribution in [0.1, 0.15) is 13.8 Å². The fourth-order valence-electron chi connectivity index (χ4n) is 6.30. The Labute approximate surface area is 273 Å². The van der Waals surface area contributed by atoms with E-state index in [0.29, 0.717) is 0 Å². The number of benzene rings is 4. The summed E-state index contributed by atoms with van der Waals surface area (Å²) >= 11 is 0. The molecule has 4 aromatic rings. The molecule has 0 aliphatic heterocycles. The third kappa shape index (κ3) is 5.13. The van der Waals surface area contributed by atoms with E-state index in [2.05, 4.69) is 0 Å². The molecule has 0 radical (unpaired) electrons. The van der Waals surface area contributed by atoms with Crippen LogP contribution in [0.2, 0.25) is 12.1 Å². The van der Waals surface area contributed by atoms with Crippen molar-refractivity contribution >= 4 is 41.5 Å². The third-order valence-corrected chi connectivity index (χ3v) is 13.2. The van der Waals surface area contributed by atoms with E-state index >= 15 is 43.9 Å². The van der Waals surface area contributed by atoms with Crippen LogP contribution in [0.4, 0.5) is 83.4 Å². The van der Waals surface area contributed by atoms with Gasteiger partial charge in [0, 0.05) is 12.3 Å². The molecule has 0 atom stereocenters. The highest BCUT2D eigenvalue weighted by Gasteiger charge is 2.53. The van der Waals surface area contributed by atoms with Crippen molar-refractivity contribution in [1.29, 1.82) is 0 Å². The van der Waals surface area contributed by atoms with Gasteiger partial charge in [0.1, 0.15) is 52.7 Å². The minimum absolute atomic E-state index is 0.519. The maximum atomic E-state index is 16.5. The van der Waals surface area contributed by atoms with Crippen LogP contribution in [0, 0.1) is 111 Å². The molecule has 0 fully saturated rings. The maximum Gasteiger partial charge on any atom is 0.229 e. The molecule has 276 valence electrons. The molecule has 0 spiro atoms. The second-order valence-electron chi connectivity index (χ2n) is 10.8. The van der Waals surface area contributed by atoms with Crippen LogP contribution >= 0.6 is 0 Å². The number of halogens is 19. The van der Waals surface area contributed by atoms with E-state index < -0.39 is 164 Å². The topological polar surface area (TPSA) is 9.23 Å². The molecule has 0 saturated carbocycles. The summed E-state index contributed by atoms with van der Waals surface area (Å²) in [6, 6.07) is -1.04. The Balaban J connectivity index is 2.68. The molecule has 0 heterocycles. The minimum atomic E-state index is -7.13. The molecule has 4 aromatic carbocycles. The molecule has 0 saturated heterocycles. The fraction of sp³-hybridized carbons (Fsp3) is 0.172. The van der Waals surface area contributed by atoms with Crippen molar-refractivity contribution in [2.24, 2.45) is 0 Å². The molecule has 0 aromatic heterocycles. The van der Waals surface area contributed by atoms with Crippen molar-refractivity contribution in [3.63, 3.8) is 0 Å². The Morgan fingerprint density at radius 2 is 0.510 bits per heavy atom. The highest BCUT2D eigenvalue weighted by molar-refractivity contribution is 7.20. The third-order valence-electron chi connectivity index (χ3n) is 8.75. The predicted octanol–water partition coefficient (Wildman–Crippen LogP) is 6.55. The zero-order chi connectivity index (χ0) is 39.0. The van der Waals surface area contributed by atoms with Crippen LogP contribution in [0.5, 0.6) is 0 Å². The van der Waals surface area contributed by atoms with Gasteiger partial charge in [-0.2, -0.15) is 0 Å². The van der Waals surface area contributed by atoms with E-state index in [9.17, 15) is 39.5 Å². The molecule has 0 unspecified atom stereocenters. The Kier molecular flexibility index (Phi) is 10.4. The van der Waals surface area contributed by atoms with Crippen molar-refractivity contribution in [2.45, 2.75) is 25.9 Å². The lowest BCUT2D eigenvalue weighted by atomic mass is 9.12. The van der Waals surface area contributed by atoms with Gasteiger partial charge in [-0.1, -0.05) is 13.8 Å². The molecule has 0 N–H and O–H groups in total. The summed E-state index contributed by atoms with van der Waals surface area (Å²) < 4.78 is 296. The summed E-state index contributed by atoms with van der Waals surface area (Å²) in [5.74, 6) is -64.9. The Morgan fingerprint density at radius 3 is 0.686 bits per heavy atom. The lowest BCUT2D eigenvalue weighted by Crippen LogP contribution is -2.81. The molecule has 4 rings (SSSR count). The summed E-state index contributed by atoms with van der Waals surface area (Å²) in [6.07, 6.45) is -7.13. The monoisotopic (exact) mass is 777 g/mol. The van der Waals surface area contributed by atoms with Gasteiger partial charge < -0.3 is 4.43 Å². The van der Waals surface area contributed by atoms with Crippen molar-refractivity contribution in [3.8, 4) is 0 Å². The van der Waals surface area contributed by atoms with Gasteiger partial charge in [0.2, 0.25) is 8.32 Å². The van der Waals surface area contributed by atoms with E-state index in [1.807, 2.05) is 0 Å². The highest BCUT2D eigenvalue weighted by atomic mass is 28.4. The van der Waals surface area contributed by atoms with E-state index in [1.165, 1.54) is 0 Å². The first-order chi connectivity index (χ1) is 23.6. The van der Waals surface area contributed by atoms with Crippen molar-refractivity contribution in [1.82, 2.24) is 0 Å². The largest absolute Gasteiger partial charge is 0.415 e. The van der Waals surface area contributed by atoms with Crippen LogP contribution in [0.15, 0.2) is 0 Å². The molecular formula is C29H13BF19OSi-. The van der Waals surface area contributed by atoms with E-state index in [1.54, 1.807) is 0 Å². The summed E-state index contributed by atoms with van der Waals surface area (Å²) in [4.78, 5) is 0.